The molecule has 35 heavy (non-hydrogen) atoms. The summed E-state index contributed by atoms with van der Waals surface area (Å²) in [6, 6.07) is 33.3. The first-order chi connectivity index (χ1) is 16.5. The van der Waals surface area contributed by atoms with Gasteiger partial charge in [-0.15, -0.1) is 0 Å². The van der Waals surface area contributed by atoms with Crippen LogP contribution in [0.1, 0.15) is 71.6 Å². The first-order valence-electron chi connectivity index (χ1n) is 13.3. The Kier molecular flexibility index (Phi) is 9.39. The minimum absolute atomic E-state index is 0.0740. The van der Waals surface area contributed by atoms with Gasteiger partial charge in [0, 0.05) is 0 Å². The van der Waals surface area contributed by atoms with E-state index >= 15 is 0 Å². The monoisotopic (exact) mass is 548 g/mol. The first-order valence-corrected chi connectivity index (χ1v) is 19.5. The molecule has 0 unspecified atom stereocenters. The molecule has 0 heterocycles. The molecule has 0 N–H and O–H groups in total. The van der Waals surface area contributed by atoms with Gasteiger partial charge in [0.05, 0.1) is 0 Å². The fraction of sp³-hybridized carbons (Fsp3) is 0.455. The molecule has 0 saturated carbocycles. The molecule has 0 aliphatic heterocycles. The number of hydrogen-bond donors (Lipinski definition) is 0. The van der Waals surface area contributed by atoms with Crippen molar-refractivity contribution < 1.29 is 23.5 Å². The molecular weight excluding hydrogens is 504 g/mol. The Morgan fingerprint density at radius 1 is 0.514 bits per heavy atom. The summed E-state index contributed by atoms with van der Waals surface area (Å²) in [4.78, 5) is 0. The Hall–Kier alpha value is -1.50. The van der Waals surface area contributed by atoms with E-state index in [-0.39, 0.29) is 16.2 Å². The van der Waals surface area contributed by atoms with Gasteiger partial charge in [0.2, 0.25) is 0 Å². The van der Waals surface area contributed by atoms with Gasteiger partial charge in [-0.3, -0.25) is 0 Å². The molecule has 1 nitrogen and oxygen atoms in total. The molecule has 0 spiro atoms. The molecule has 0 aliphatic carbocycles. The summed E-state index contributed by atoms with van der Waals surface area (Å²) in [5.41, 5.74) is 4.50. The summed E-state index contributed by atoms with van der Waals surface area (Å²) < 4.78 is 10.8. The molecule has 0 aliphatic rings. The van der Waals surface area contributed by atoms with Gasteiger partial charge in [-0.2, -0.15) is 0 Å². The Balaban J connectivity index is 2.09. The summed E-state index contributed by atoms with van der Waals surface area (Å²) in [7, 11) is 0. The molecule has 3 rings (SSSR count). The molecule has 3 aromatic carbocycles. The van der Waals surface area contributed by atoms with Crippen molar-refractivity contribution in [3.63, 3.8) is 0 Å². The zero-order chi connectivity index (χ0) is 25.6. The summed E-state index contributed by atoms with van der Waals surface area (Å²) >= 11 is -3.29. The topological polar surface area (TPSA) is 9.23 Å². The van der Waals surface area contributed by atoms with Crippen LogP contribution in [0.2, 0.25) is 12.4 Å². The third kappa shape index (κ3) is 7.50. The molecule has 2 heteroatoms. The molecule has 3 aromatic rings. The van der Waals surface area contributed by atoms with Crippen LogP contribution in [0.5, 0.6) is 0 Å². The van der Waals surface area contributed by atoms with E-state index in [2.05, 4.69) is 139 Å². The molecule has 0 amide bonds. The molecule has 0 saturated heterocycles. The SMILES string of the molecule is CCC[O][Zr]([CH2]C(C)(C)c1ccccc1)([CH2]C(C)(C)c1ccccc1)[CH2]C(C)(C)c1ccccc1. The van der Waals surface area contributed by atoms with Gasteiger partial charge >= 0.3 is 221 Å². The van der Waals surface area contributed by atoms with Gasteiger partial charge in [-0.05, 0) is 0 Å². The zero-order valence-corrected chi connectivity index (χ0v) is 25.6. The van der Waals surface area contributed by atoms with Crippen molar-refractivity contribution >= 4 is 0 Å². The first kappa shape index (κ1) is 28.1. The standard InChI is InChI=1S/3C10H13.C3H7O.Zr/c3*1-10(2,3)9-7-5-4-6-8-9;1-2-3-4;/h3*4-8H,1H2,2-3H3;2-3H2,1H3;/q;;;-1;+1. The number of benzene rings is 3. The molecular formula is C33H46OZr. The van der Waals surface area contributed by atoms with E-state index in [1.165, 1.54) is 29.1 Å². The number of rotatable bonds is 12. The molecule has 0 fully saturated rings. The van der Waals surface area contributed by atoms with Crippen molar-refractivity contribution in [3.05, 3.63) is 108 Å². The second-order valence-corrected chi connectivity index (χ2v) is 21.4. The average molecular weight is 550 g/mol. The van der Waals surface area contributed by atoms with E-state index in [1.807, 2.05) is 0 Å². The molecule has 0 aromatic heterocycles. The van der Waals surface area contributed by atoms with Crippen molar-refractivity contribution in [3.8, 4) is 0 Å². The van der Waals surface area contributed by atoms with Crippen LogP contribution in [0.3, 0.4) is 0 Å². The van der Waals surface area contributed by atoms with Gasteiger partial charge < -0.3 is 0 Å². The van der Waals surface area contributed by atoms with Crippen molar-refractivity contribution in [2.75, 3.05) is 6.61 Å². The van der Waals surface area contributed by atoms with Crippen LogP contribution >= 0.6 is 0 Å². The second-order valence-electron chi connectivity index (χ2n) is 12.3. The quantitative estimate of drug-likeness (QED) is 0.218. The van der Waals surface area contributed by atoms with Gasteiger partial charge in [-0.25, -0.2) is 0 Å². The molecule has 0 atom stereocenters. The normalized spacial score (nSPS) is 13.1. The molecule has 0 bridgehead atoms. The summed E-state index contributed by atoms with van der Waals surface area (Å²) in [5, 5.41) is 0. The number of hydrogen-bond acceptors (Lipinski definition) is 1. The Morgan fingerprint density at radius 3 is 1.06 bits per heavy atom. The van der Waals surface area contributed by atoms with E-state index < -0.39 is 20.7 Å². The minimum atomic E-state index is -3.29. The van der Waals surface area contributed by atoms with Crippen molar-refractivity contribution in [1.82, 2.24) is 0 Å². The summed E-state index contributed by atoms with van der Waals surface area (Å²) in [5.74, 6) is 0. The molecule has 0 radical (unpaired) electrons. The maximum atomic E-state index is 7.26. The van der Waals surface area contributed by atoms with Crippen molar-refractivity contribution in [1.29, 1.82) is 0 Å². The van der Waals surface area contributed by atoms with Gasteiger partial charge in [0.1, 0.15) is 0 Å². The van der Waals surface area contributed by atoms with Crippen molar-refractivity contribution in [2.24, 2.45) is 0 Å². The van der Waals surface area contributed by atoms with E-state index in [1.54, 1.807) is 0 Å². The average Bonchev–Trinajstić information content (AvgIpc) is 2.83. The fourth-order valence-corrected chi connectivity index (χ4v) is 22.7. The maximum absolute atomic E-state index is 7.26. The van der Waals surface area contributed by atoms with Crippen LogP contribution < -0.4 is 0 Å². The van der Waals surface area contributed by atoms with Crippen LogP contribution in [0.15, 0.2) is 91.0 Å². The molecule has 188 valence electrons. The van der Waals surface area contributed by atoms with E-state index in [0.29, 0.717) is 0 Å². The van der Waals surface area contributed by atoms with Crippen LogP contribution in [0, 0.1) is 0 Å². The zero-order valence-electron chi connectivity index (χ0n) is 23.1. The van der Waals surface area contributed by atoms with Gasteiger partial charge in [0.15, 0.2) is 0 Å². The van der Waals surface area contributed by atoms with E-state index in [4.69, 9.17) is 2.81 Å². The second kappa shape index (κ2) is 11.7. The van der Waals surface area contributed by atoms with Crippen LogP contribution in [0.25, 0.3) is 0 Å². The van der Waals surface area contributed by atoms with Crippen LogP contribution in [-0.4, -0.2) is 6.61 Å². The third-order valence-corrected chi connectivity index (χ3v) is 20.8. The summed E-state index contributed by atoms with van der Waals surface area (Å²) in [6.07, 6.45) is 1.07. The van der Waals surface area contributed by atoms with Crippen LogP contribution in [-0.2, 0) is 39.8 Å². The Morgan fingerprint density at radius 2 is 0.800 bits per heavy atom. The van der Waals surface area contributed by atoms with Gasteiger partial charge in [-0.1, -0.05) is 0 Å². The third-order valence-electron chi connectivity index (χ3n) is 7.57. The van der Waals surface area contributed by atoms with Crippen molar-refractivity contribution in [2.45, 2.75) is 83.5 Å². The predicted octanol–water partition coefficient (Wildman–Crippen LogP) is 9.67. The van der Waals surface area contributed by atoms with Gasteiger partial charge in [0.25, 0.3) is 0 Å². The van der Waals surface area contributed by atoms with E-state index in [0.717, 1.165) is 13.0 Å². The van der Waals surface area contributed by atoms with E-state index in [9.17, 15) is 0 Å². The fourth-order valence-electron chi connectivity index (χ4n) is 6.05. The van der Waals surface area contributed by atoms with Crippen LogP contribution in [0.4, 0.5) is 0 Å². The predicted molar refractivity (Wildman–Crippen MR) is 149 cm³/mol. The Bertz CT molecular complexity index is 893. The summed E-state index contributed by atoms with van der Waals surface area (Å²) in [6.45, 7) is 17.8. The Labute approximate surface area is 220 Å².